The Bertz CT molecular complexity index is 1740. The van der Waals surface area contributed by atoms with Crippen LogP contribution in [0.1, 0.15) is 15.9 Å². The van der Waals surface area contributed by atoms with Gasteiger partial charge in [0.25, 0.3) is 0 Å². The first-order chi connectivity index (χ1) is 22.3. The highest BCUT2D eigenvalue weighted by molar-refractivity contribution is 6.12. The molecular formula is C35H32N4O7. The average molecular weight is 621 g/mol. The van der Waals surface area contributed by atoms with Crippen LogP contribution in [0.2, 0.25) is 0 Å². The first-order valence-corrected chi connectivity index (χ1v) is 14.7. The molecule has 4 amide bonds. The second-order valence-corrected chi connectivity index (χ2v) is 10.9. The molecule has 1 fully saturated rings. The van der Waals surface area contributed by atoms with E-state index in [0.29, 0.717) is 45.4 Å². The van der Waals surface area contributed by atoms with Crippen LogP contribution in [0.25, 0.3) is 0 Å². The molecule has 0 unspecified atom stereocenters. The van der Waals surface area contributed by atoms with Crippen molar-refractivity contribution >= 4 is 46.6 Å². The summed E-state index contributed by atoms with van der Waals surface area (Å²) in [6, 6.07) is 25.4. The van der Waals surface area contributed by atoms with Crippen LogP contribution in [0.15, 0.2) is 97.1 Å². The Morgan fingerprint density at radius 3 is 1.91 bits per heavy atom. The number of ether oxygens (including phenoxy) is 2. The summed E-state index contributed by atoms with van der Waals surface area (Å²) in [5.74, 6) is -0.163. The van der Waals surface area contributed by atoms with Crippen molar-refractivity contribution in [3.8, 4) is 11.5 Å². The van der Waals surface area contributed by atoms with Gasteiger partial charge in [-0.1, -0.05) is 30.3 Å². The molecule has 0 bridgehead atoms. The normalized spacial score (nSPS) is 15.7. The number of carbonyl (C=O) groups is 4. The van der Waals surface area contributed by atoms with Crippen LogP contribution in [-0.2, 0) is 11.2 Å². The number of aliphatic carboxylic acids is 1. The third-order valence-corrected chi connectivity index (χ3v) is 8.25. The number of Topliss-reactive ketones (excluding diaryl/α,β-unsaturated/α-hetero) is 1. The predicted octanol–water partition coefficient (Wildman–Crippen LogP) is 5.73. The van der Waals surface area contributed by atoms with Gasteiger partial charge in [0.15, 0.2) is 5.78 Å². The quantitative estimate of drug-likeness (QED) is 0.303. The van der Waals surface area contributed by atoms with Gasteiger partial charge in [-0.25, -0.2) is 14.4 Å². The van der Waals surface area contributed by atoms with Gasteiger partial charge in [-0.15, -0.1) is 0 Å². The lowest BCUT2D eigenvalue weighted by atomic mass is 10.0. The molecule has 11 heteroatoms. The average Bonchev–Trinajstić information content (AvgIpc) is 3.22. The van der Waals surface area contributed by atoms with Crippen LogP contribution in [0, 0.1) is 0 Å². The molecule has 0 radical (unpaired) electrons. The highest BCUT2D eigenvalue weighted by Crippen LogP contribution is 2.38. The zero-order chi connectivity index (χ0) is 32.4. The van der Waals surface area contributed by atoms with E-state index in [2.05, 4.69) is 0 Å². The van der Waals surface area contributed by atoms with Crippen molar-refractivity contribution in [3.63, 3.8) is 0 Å². The van der Waals surface area contributed by atoms with E-state index in [1.165, 1.54) is 19.6 Å². The molecule has 2 heterocycles. The number of urea groups is 2. The summed E-state index contributed by atoms with van der Waals surface area (Å²) in [4.78, 5) is 60.1. The summed E-state index contributed by atoms with van der Waals surface area (Å²) in [5.41, 5.74) is 3.02. The summed E-state index contributed by atoms with van der Waals surface area (Å²) in [6.07, 6.45) is 0.105. The SMILES string of the molecule is COc1ccc(N(C(=O)N2CCN(C(=O)N3c4ccccc4CC(=O)c4ccccc43)[C@H](C(=O)O)C2)c2ccc(OC)cc2)cc1. The van der Waals surface area contributed by atoms with Gasteiger partial charge < -0.3 is 24.4 Å². The van der Waals surface area contributed by atoms with Crippen LogP contribution in [-0.4, -0.2) is 78.6 Å². The summed E-state index contributed by atoms with van der Waals surface area (Å²) in [5, 5.41) is 10.4. The largest absolute Gasteiger partial charge is 0.497 e. The van der Waals surface area contributed by atoms with Crippen molar-refractivity contribution in [2.75, 3.05) is 43.7 Å². The third kappa shape index (κ3) is 5.58. The van der Waals surface area contributed by atoms with Gasteiger partial charge in [-0.3, -0.25) is 14.6 Å². The van der Waals surface area contributed by atoms with Gasteiger partial charge >= 0.3 is 18.0 Å². The number of carboxylic acids is 1. The van der Waals surface area contributed by atoms with E-state index in [0.717, 1.165) is 0 Å². The Morgan fingerprint density at radius 2 is 1.33 bits per heavy atom. The van der Waals surface area contributed by atoms with E-state index in [9.17, 15) is 24.3 Å². The summed E-state index contributed by atoms with van der Waals surface area (Å²) in [7, 11) is 3.10. The monoisotopic (exact) mass is 620 g/mol. The molecule has 6 rings (SSSR count). The molecule has 234 valence electrons. The van der Waals surface area contributed by atoms with E-state index < -0.39 is 24.1 Å². The minimum atomic E-state index is -1.35. The number of ketones is 1. The minimum absolute atomic E-state index is 0.0462. The second kappa shape index (κ2) is 12.6. The number of benzene rings is 4. The fourth-order valence-electron chi connectivity index (χ4n) is 5.89. The van der Waals surface area contributed by atoms with E-state index in [4.69, 9.17) is 9.47 Å². The van der Waals surface area contributed by atoms with Crippen LogP contribution in [0.4, 0.5) is 32.3 Å². The van der Waals surface area contributed by atoms with Gasteiger partial charge in [0.05, 0.1) is 43.5 Å². The van der Waals surface area contributed by atoms with Crippen LogP contribution in [0.5, 0.6) is 11.5 Å². The molecule has 0 aliphatic carbocycles. The number of carboxylic acid groups (broad SMARTS) is 1. The van der Waals surface area contributed by atoms with Crippen molar-refractivity contribution in [1.29, 1.82) is 0 Å². The first-order valence-electron chi connectivity index (χ1n) is 14.7. The van der Waals surface area contributed by atoms with Crippen LogP contribution >= 0.6 is 0 Å². The Hall–Kier alpha value is -5.84. The Balaban J connectivity index is 1.33. The standard InChI is InChI=1S/C35H32N4O7/c1-45-26-15-11-24(12-16-26)38(25-13-17-27(46-2)18-14-25)34(43)36-19-20-37(31(22-36)33(41)42)35(44)39-29-9-5-3-7-23(29)21-32(40)28-8-4-6-10-30(28)39/h3-18,31H,19-22H2,1-2H3,(H,41,42)/t31-/m0/s1. The molecule has 1 N–H and O–H groups in total. The molecule has 0 saturated carbocycles. The molecule has 11 nitrogen and oxygen atoms in total. The maximum atomic E-state index is 14.4. The summed E-state index contributed by atoms with van der Waals surface area (Å²) < 4.78 is 10.6. The fraction of sp³-hybridized carbons (Fsp3) is 0.200. The molecule has 1 saturated heterocycles. The zero-order valence-corrected chi connectivity index (χ0v) is 25.3. The fourth-order valence-corrected chi connectivity index (χ4v) is 5.89. The number of carbonyl (C=O) groups excluding carboxylic acids is 3. The molecule has 2 aliphatic rings. The van der Waals surface area contributed by atoms with Crippen molar-refractivity contribution in [2.45, 2.75) is 12.5 Å². The lowest BCUT2D eigenvalue weighted by Crippen LogP contribution is -2.62. The zero-order valence-electron chi connectivity index (χ0n) is 25.3. The number of amides is 4. The second-order valence-electron chi connectivity index (χ2n) is 10.9. The predicted molar refractivity (Wildman–Crippen MR) is 172 cm³/mol. The summed E-state index contributed by atoms with van der Waals surface area (Å²) >= 11 is 0. The number of rotatable bonds is 5. The molecule has 46 heavy (non-hydrogen) atoms. The van der Waals surface area contributed by atoms with Crippen molar-refractivity contribution < 1.29 is 33.8 Å². The first kappa shape index (κ1) is 30.2. The molecular weight excluding hydrogens is 588 g/mol. The Kier molecular flexibility index (Phi) is 8.30. The van der Waals surface area contributed by atoms with E-state index in [1.807, 2.05) is 0 Å². The number of fused-ring (bicyclic) bond motifs is 2. The molecule has 4 aromatic carbocycles. The third-order valence-electron chi connectivity index (χ3n) is 8.25. The number of nitrogens with zero attached hydrogens (tertiary/aromatic N) is 4. The maximum Gasteiger partial charge on any atom is 0.330 e. The van der Waals surface area contributed by atoms with Gasteiger partial charge in [0.2, 0.25) is 0 Å². The van der Waals surface area contributed by atoms with Crippen molar-refractivity contribution in [2.24, 2.45) is 0 Å². The van der Waals surface area contributed by atoms with E-state index in [1.54, 1.807) is 111 Å². The maximum absolute atomic E-state index is 14.4. The lowest BCUT2D eigenvalue weighted by molar-refractivity contribution is -0.143. The van der Waals surface area contributed by atoms with Crippen molar-refractivity contribution in [1.82, 2.24) is 9.80 Å². The van der Waals surface area contributed by atoms with E-state index >= 15 is 0 Å². The smallest absolute Gasteiger partial charge is 0.330 e. The van der Waals surface area contributed by atoms with Gasteiger partial charge in [0, 0.05) is 25.1 Å². The minimum Gasteiger partial charge on any atom is -0.497 e. The van der Waals surface area contributed by atoms with Crippen molar-refractivity contribution in [3.05, 3.63) is 108 Å². The number of para-hydroxylation sites is 2. The number of anilines is 4. The van der Waals surface area contributed by atoms with Crippen LogP contribution < -0.4 is 19.3 Å². The Morgan fingerprint density at radius 1 is 0.761 bits per heavy atom. The lowest BCUT2D eigenvalue weighted by Gasteiger charge is -2.42. The number of hydrogen-bond acceptors (Lipinski definition) is 6. The molecule has 0 spiro atoms. The summed E-state index contributed by atoms with van der Waals surface area (Å²) in [6.45, 7) is -0.221. The molecule has 2 aliphatic heterocycles. The highest BCUT2D eigenvalue weighted by Gasteiger charge is 2.42. The van der Waals surface area contributed by atoms with Gasteiger partial charge in [-0.05, 0) is 72.3 Å². The van der Waals surface area contributed by atoms with Crippen LogP contribution in [0.3, 0.4) is 0 Å². The van der Waals surface area contributed by atoms with Gasteiger partial charge in [0.1, 0.15) is 17.5 Å². The topological polar surface area (TPSA) is 120 Å². The number of piperazine rings is 1. The molecule has 0 aromatic heterocycles. The molecule has 4 aromatic rings. The van der Waals surface area contributed by atoms with E-state index in [-0.39, 0.29) is 31.8 Å². The van der Waals surface area contributed by atoms with Gasteiger partial charge in [-0.2, -0.15) is 0 Å². The Labute approximate surface area is 265 Å². The molecule has 1 atom stereocenters. The number of hydrogen-bond donors (Lipinski definition) is 1. The highest BCUT2D eigenvalue weighted by atomic mass is 16.5. The number of methoxy groups -OCH3 is 2.